The maximum Gasteiger partial charge on any atom is 0.277 e. The first-order valence-electron chi connectivity index (χ1n) is 6.99. The highest BCUT2D eigenvalue weighted by Gasteiger charge is 2.18. The van der Waals surface area contributed by atoms with Crippen molar-refractivity contribution in [2.45, 2.75) is 17.4 Å². The molecule has 0 saturated heterocycles. The normalized spacial score (nSPS) is 11.9. The van der Waals surface area contributed by atoms with E-state index >= 15 is 0 Å². The zero-order valence-corrected chi connectivity index (χ0v) is 13.2. The summed E-state index contributed by atoms with van der Waals surface area (Å²) in [7, 11) is 0. The number of pyridine rings is 1. The fraction of sp³-hybridized carbons (Fsp3) is 0.125. The van der Waals surface area contributed by atoms with Crippen molar-refractivity contribution in [2.24, 2.45) is 0 Å². The number of amides is 1. The molecule has 0 spiro atoms. The summed E-state index contributed by atoms with van der Waals surface area (Å²) in [6.07, 6.45) is 3.32. The van der Waals surface area contributed by atoms with Gasteiger partial charge in [-0.05, 0) is 31.2 Å². The Morgan fingerprint density at radius 3 is 2.74 bits per heavy atom. The topological polar surface area (TPSA) is 80.9 Å². The Morgan fingerprint density at radius 2 is 2.00 bits per heavy atom. The number of aromatic nitrogens is 3. The first kappa shape index (κ1) is 15.2. The number of hydrogen-bond acceptors (Lipinski definition) is 6. The van der Waals surface area contributed by atoms with Crippen molar-refractivity contribution in [3.63, 3.8) is 0 Å². The number of benzene rings is 1. The summed E-state index contributed by atoms with van der Waals surface area (Å²) in [5, 5.41) is 10.8. The van der Waals surface area contributed by atoms with Crippen molar-refractivity contribution >= 4 is 23.4 Å². The van der Waals surface area contributed by atoms with Crippen LogP contribution in [0.15, 0.2) is 64.5 Å². The summed E-state index contributed by atoms with van der Waals surface area (Å²) < 4.78 is 5.56. The number of nitrogens with one attached hydrogen (secondary N) is 1. The monoisotopic (exact) mass is 326 g/mol. The molecule has 7 heteroatoms. The lowest BCUT2D eigenvalue weighted by atomic mass is 10.3. The van der Waals surface area contributed by atoms with Gasteiger partial charge in [-0.25, -0.2) is 0 Å². The van der Waals surface area contributed by atoms with Crippen LogP contribution in [0.1, 0.15) is 6.92 Å². The first-order chi connectivity index (χ1) is 11.2. The average Bonchev–Trinajstić information content (AvgIpc) is 3.05. The molecule has 3 rings (SSSR count). The predicted molar refractivity (Wildman–Crippen MR) is 87.9 cm³/mol. The molecular weight excluding hydrogens is 312 g/mol. The summed E-state index contributed by atoms with van der Waals surface area (Å²) in [5.74, 6) is 0.263. The van der Waals surface area contributed by atoms with Gasteiger partial charge in [0.15, 0.2) is 0 Å². The van der Waals surface area contributed by atoms with E-state index in [1.54, 1.807) is 25.4 Å². The van der Waals surface area contributed by atoms with Crippen LogP contribution in [0.3, 0.4) is 0 Å². The maximum atomic E-state index is 12.2. The summed E-state index contributed by atoms with van der Waals surface area (Å²) in [4.78, 5) is 16.2. The molecule has 0 saturated carbocycles. The summed E-state index contributed by atoms with van der Waals surface area (Å²) in [5.41, 5.74) is 1.50. The standard InChI is InChI=1S/C16H14N4O2S/c1-11(14(21)18-13-7-3-2-4-8-13)23-16-20-19-15(22-16)12-6-5-9-17-10-12/h2-11H,1H3,(H,18,21)/t11-/m0/s1. The van der Waals surface area contributed by atoms with Crippen LogP contribution >= 0.6 is 11.8 Å². The fourth-order valence-electron chi connectivity index (χ4n) is 1.83. The molecule has 0 aliphatic heterocycles. The van der Waals surface area contributed by atoms with E-state index in [0.29, 0.717) is 11.1 Å². The van der Waals surface area contributed by atoms with E-state index in [1.807, 2.05) is 36.4 Å². The first-order valence-corrected chi connectivity index (χ1v) is 7.87. The zero-order valence-electron chi connectivity index (χ0n) is 12.3. The molecule has 23 heavy (non-hydrogen) atoms. The molecule has 1 amide bonds. The molecule has 0 radical (unpaired) electrons. The quantitative estimate of drug-likeness (QED) is 0.725. The van der Waals surface area contributed by atoms with Crippen molar-refractivity contribution in [3.8, 4) is 11.5 Å². The van der Waals surface area contributed by atoms with Gasteiger partial charge in [0.2, 0.25) is 11.8 Å². The van der Waals surface area contributed by atoms with Gasteiger partial charge in [-0.2, -0.15) is 0 Å². The number of carbonyl (C=O) groups is 1. The Balaban J connectivity index is 1.63. The van der Waals surface area contributed by atoms with Gasteiger partial charge in [0.1, 0.15) is 0 Å². The van der Waals surface area contributed by atoms with Crippen molar-refractivity contribution in [1.82, 2.24) is 15.2 Å². The Morgan fingerprint density at radius 1 is 1.17 bits per heavy atom. The molecule has 2 aromatic heterocycles. The van der Waals surface area contributed by atoms with Gasteiger partial charge in [-0.3, -0.25) is 9.78 Å². The minimum absolute atomic E-state index is 0.123. The molecule has 6 nitrogen and oxygen atoms in total. The smallest absolute Gasteiger partial charge is 0.277 e. The van der Waals surface area contributed by atoms with Gasteiger partial charge in [0, 0.05) is 18.1 Å². The van der Waals surface area contributed by atoms with Crippen LogP contribution < -0.4 is 5.32 Å². The van der Waals surface area contributed by atoms with Crippen LogP contribution in [-0.4, -0.2) is 26.3 Å². The lowest BCUT2D eigenvalue weighted by Gasteiger charge is -2.09. The molecule has 3 aromatic rings. The predicted octanol–water partition coefficient (Wildman–Crippen LogP) is 3.25. The van der Waals surface area contributed by atoms with Crippen LogP contribution in [-0.2, 0) is 4.79 Å². The van der Waals surface area contributed by atoms with Crippen LogP contribution in [0.4, 0.5) is 5.69 Å². The van der Waals surface area contributed by atoms with E-state index in [4.69, 9.17) is 4.42 Å². The highest BCUT2D eigenvalue weighted by molar-refractivity contribution is 8.00. The second-order valence-electron chi connectivity index (χ2n) is 4.73. The van der Waals surface area contributed by atoms with Crippen molar-refractivity contribution < 1.29 is 9.21 Å². The Bertz CT molecular complexity index is 777. The Kier molecular flexibility index (Phi) is 4.68. The van der Waals surface area contributed by atoms with Gasteiger partial charge in [0.05, 0.1) is 10.8 Å². The van der Waals surface area contributed by atoms with Crippen LogP contribution in [0, 0.1) is 0 Å². The van der Waals surface area contributed by atoms with Gasteiger partial charge in [-0.15, -0.1) is 10.2 Å². The molecule has 0 aliphatic rings. The van der Waals surface area contributed by atoms with Crippen LogP contribution in [0.5, 0.6) is 0 Å². The zero-order chi connectivity index (χ0) is 16.1. The van der Waals surface area contributed by atoms with Gasteiger partial charge >= 0.3 is 0 Å². The van der Waals surface area contributed by atoms with Gasteiger partial charge in [0.25, 0.3) is 5.22 Å². The third-order valence-electron chi connectivity index (χ3n) is 3.00. The Labute approximate surface area is 137 Å². The fourth-order valence-corrected chi connectivity index (χ4v) is 2.52. The number of thioether (sulfide) groups is 1. The van der Waals surface area contributed by atoms with Gasteiger partial charge in [-0.1, -0.05) is 30.0 Å². The van der Waals surface area contributed by atoms with Crippen molar-refractivity contribution in [3.05, 3.63) is 54.9 Å². The second kappa shape index (κ2) is 7.06. The van der Waals surface area contributed by atoms with E-state index in [2.05, 4.69) is 20.5 Å². The molecule has 0 unspecified atom stereocenters. The van der Waals surface area contributed by atoms with E-state index in [0.717, 1.165) is 11.3 Å². The van der Waals surface area contributed by atoms with E-state index in [9.17, 15) is 4.79 Å². The number of carbonyl (C=O) groups excluding carboxylic acids is 1. The molecule has 116 valence electrons. The minimum atomic E-state index is -0.364. The largest absolute Gasteiger partial charge is 0.411 e. The molecular formula is C16H14N4O2S. The van der Waals surface area contributed by atoms with Crippen molar-refractivity contribution in [2.75, 3.05) is 5.32 Å². The van der Waals surface area contributed by atoms with Gasteiger partial charge < -0.3 is 9.73 Å². The summed E-state index contributed by atoms with van der Waals surface area (Å²) >= 11 is 1.21. The molecule has 1 atom stereocenters. The molecule has 0 fully saturated rings. The molecule has 2 heterocycles. The molecule has 0 bridgehead atoms. The van der Waals surface area contributed by atoms with E-state index in [-0.39, 0.29) is 11.2 Å². The van der Waals surface area contributed by atoms with E-state index in [1.165, 1.54) is 11.8 Å². The average molecular weight is 326 g/mol. The lowest BCUT2D eigenvalue weighted by Crippen LogP contribution is -2.22. The van der Waals surface area contributed by atoms with E-state index < -0.39 is 0 Å². The number of nitrogens with zero attached hydrogens (tertiary/aromatic N) is 3. The Hall–Kier alpha value is -2.67. The van der Waals surface area contributed by atoms with Crippen molar-refractivity contribution in [1.29, 1.82) is 0 Å². The third kappa shape index (κ3) is 3.95. The highest BCUT2D eigenvalue weighted by atomic mass is 32.2. The molecule has 0 aliphatic carbocycles. The molecule has 1 N–H and O–H groups in total. The number of para-hydroxylation sites is 1. The number of hydrogen-bond donors (Lipinski definition) is 1. The summed E-state index contributed by atoms with van der Waals surface area (Å²) in [6, 6.07) is 12.9. The number of anilines is 1. The summed E-state index contributed by atoms with van der Waals surface area (Å²) in [6.45, 7) is 1.79. The highest BCUT2D eigenvalue weighted by Crippen LogP contribution is 2.26. The van der Waals surface area contributed by atoms with Crippen LogP contribution in [0.25, 0.3) is 11.5 Å². The minimum Gasteiger partial charge on any atom is -0.411 e. The number of rotatable bonds is 5. The lowest BCUT2D eigenvalue weighted by molar-refractivity contribution is -0.115. The van der Waals surface area contributed by atoms with Crippen LogP contribution in [0.2, 0.25) is 0 Å². The maximum absolute atomic E-state index is 12.2. The third-order valence-corrected chi connectivity index (χ3v) is 3.94. The molecule has 1 aromatic carbocycles. The SMILES string of the molecule is C[C@H](Sc1nnc(-c2cccnc2)o1)C(=O)Nc1ccccc1. The second-order valence-corrected chi connectivity index (χ2v) is 6.02.